The maximum absolute atomic E-state index is 11.9. The van der Waals surface area contributed by atoms with Crippen molar-refractivity contribution in [2.75, 3.05) is 0 Å². The van der Waals surface area contributed by atoms with Crippen molar-refractivity contribution in [1.29, 1.82) is 0 Å². The van der Waals surface area contributed by atoms with Gasteiger partial charge in [0.25, 0.3) is 5.56 Å². The molecule has 2 rings (SSSR count). The zero-order chi connectivity index (χ0) is 12.6. The van der Waals surface area contributed by atoms with E-state index >= 15 is 0 Å². The predicted octanol–water partition coefficient (Wildman–Crippen LogP) is 0.880. The average molecular weight is 236 g/mol. The van der Waals surface area contributed by atoms with E-state index in [1.165, 1.54) is 4.57 Å². The smallest absolute Gasteiger partial charge is 0.342 e. The van der Waals surface area contributed by atoms with Crippen LogP contribution in [0.25, 0.3) is 5.57 Å². The van der Waals surface area contributed by atoms with E-state index in [0.717, 1.165) is 12.5 Å². The van der Waals surface area contributed by atoms with Crippen molar-refractivity contribution in [3.05, 3.63) is 34.2 Å². The summed E-state index contributed by atoms with van der Waals surface area (Å²) in [4.78, 5) is 26.6. The van der Waals surface area contributed by atoms with E-state index < -0.39 is 11.5 Å². The van der Waals surface area contributed by atoms with E-state index in [0.29, 0.717) is 24.4 Å². The van der Waals surface area contributed by atoms with Gasteiger partial charge in [-0.05, 0) is 12.3 Å². The average Bonchev–Trinajstić information content (AvgIpc) is 2.28. The molecule has 6 heteroatoms. The second-order valence-electron chi connectivity index (χ2n) is 4.03. The van der Waals surface area contributed by atoms with Crippen molar-refractivity contribution in [2.45, 2.75) is 19.9 Å². The van der Waals surface area contributed by atoms with E-state index in [9.17, 15) is 9.59 Å². The second-order valence-corrected chi connectivity index (χ2v) is 4.03. The fourth-order valence-electron chi connectivity index (χ4n) is 1.96. The number of hydrogen-bond acceptors (Lipinski definition) is 4. The largest absolute Gasteiger partial charge is 0.515 e. The van der Waals surface area contributed by atoms with Crippen LogP contribution in [0.2, 0.25) is 0 Å². The molecule has 0 aliphatic carbocycles. The lowest BCUT2D eigenvalue weighted by atomic mass is 9.94. The standard InChI is InChI=1S/C11H12N2O4/c1-6-2-3-13-9(8(6)5-14)12-4-7(10(13)15)11(16)17/h4-6,14H,2-3H2,1H3,(H,16,17)/b8-5-. The maximum Gasteiger partial charge on any atom is 0.342 e. The number of rotatable bonds is 1. The number of carboxylic acids is 1. The van der Waals surface area contributed by atoms with Gasteiger partial charge in [0.15, 0.2) is 0 Å². The minimum Gasteiger partial charge on any atom is -0.515 e. The summed E-state index contributed by atoms with van der Waals surface area (Å²) in [6.45, 7) is 2.34. The quantitative estimate of drug-likeness (QED) is 0.706. The van der Waals surface area contributed by atoms with Crippen molar-refractivity contribution in [3.8, 4) is 0 Å². The molecule has 1 unspecified atom stereocenters. The van der Waals surface area contributed by atoms with Gasteiger partial charge in [0.1, 0.15) is 11.4 Å². The molecule has 0 saturated carbocycles. The van der Waals surface area contributed by atoms with Crippen LogP contribution in [0.15, 0.2) is 17.3 Å². The Morgan fingerprint density at radius 1 is 1.65 bits per heavy atom. The van der Waals surface area contributed by atoms with Gasteiger partial charge in [0, 0.05) is 18.3 Å². The molecule has 0 spiro atoms. The van der Waals surface area contributed by atoms with Gasteiger partial charge in [-0.15, -0.1) is 0 Å². The number of aromatic nitrogens is 2. The third-order valence-corrected chi connectivity index (χ3v) is 2.99. The number of aliphatic hydroxyl groups excluding tert-OH is 1. The molecule has 1 atom stereocenters. The Morgan fingerprint density at radius 2 is 2.35 bits per heavy atom. The minimum atomic E-state index is -1.29. The van der Waals surface area contributed by atoms with Crippen molar-refractivity contribution in [2.24, 2.45) is 5.92 Å². The minimum absolute atomic E-state index is 0.0996. The number of carboxylic acid groups (broad SMARTS) is 1. The number of aliphatic hydroxyl groups is 1. The molecular weight excluding hydrogens is 224 g/mol. The summed E-state index contributed by atoms with van der Waals surface area (Å²) in [6.07, 6.45) is 2.64. The van der Waals surface area contributed by atoms with Crippen LogP contribution >= 0.6 is 0 Å². The molecule has 0 radical (unpaired) electrons. The van der Waals surface area contributed by atoms with E-state index in [4.69, 9.17) is 10.2 Å². The van der Waals surface area contributed by atoms with Crippen LogP contribution in [-0.2, 0) is 6.54 Å². The Kier molecular flexibility index (Phi) is 2.71. The molecule has 17 heavy (non-hydrogen) atoms. The van der Waals surface area contributed by atoms with Gasteiger partial charge in [-0.3, -0.25) is 9.36 Å². The molecule has 90 valence electrons. The van der Waals surface area contributed by atoms with Gasteiger partial charge < -0.3 is 10.2 Å². The first-order chi connectivity index (χ1) is 8.06. The molecule has 0 aromatic carbocycles. The molecule has 1 aromatic rings. The predicted molar refractivity (Wildman–Crippen MR) is 59.8 cm³/mol. The normalized spacial score (nSPS) is 21.2. The van der Waals surface area contributed by atoms with Gasteiger partial charge in [0.2, 0.25) is 0 Å². The maximum atomic E-state index is 11.9. The summed E-state index contributed by atoms with van der Waals surface area (Å²) < 4.78 is 1.30. The summed E-state index contributed by atoms with van der Waals surface area (Å²) in [5.74, 6) is -0.838. The Morgan fingerprint density at radius 3 is 2.94 bits per heavy atom. The third-order valence-electron chi connectivity index (χ3n) is 2.99. The topological polar surface area (TPSA) is 92.4 Å². The molecule has 2 N–H and O–H groups in total. The highest BCUT2D eigenvalue weighted by atomic mass is 16.4. The molecule has 1 aliphatic rings. The number of fused-ring (bicyclic) bond motifs is 1. The molecular formula is C11H12N2O4. The van der Waals surface area contributed by atoms with Crippen molar-refractivity contribution >= 4 is 11.5 Å². The lowest BCUT2D eigenvalue weighted by molar-refractivity contribution is 0.0693. The third kappa shape index (κ3) is 1.71. The first kappa shape index (κ1) is 11.4. The SMILES string of the molecule is CC1CCn2c(ncc(C(=O)O)c2=O)/C1=C\O. The zero-order valence-corrected chi connectivity index (χ0v) is 9.25. The molecule has 2 heterocycles. The number of allylic oxidation sites excluding steroid dienone is 1. The van der Waals surface area contributed by atoms with E-state index in [-0.39, 0.29) is 11.5 Å². The number of carbonyl (C=O) groups is 1. The summed E-state index contributed by atoms with van der Waals surface area (Å²) >= 11 is 0. The summed E-state index contributed by atoms with van der Waals surface area (Å²) in [6, 6.07) is 0. The lowest BCUT2D eigenvalue weighted by Gasteiger charge is -2.24. The fraction of sp³-hybridized carbons (Fsp3) is 0.364. The highest BCUT2D eigenvalue weighted by Crippen LogP contribution is 2.28. The Labute approximate surface area is 96.9 Å². The molecule has 0 amide bonds. The first-order valence-corrected chi connectivity index (χ1v) is 5.24. The van der Waals surface area contributed by atoms with Gasteiger partial charge in [-0.25, -0.2) is 9.78 Å². The lowest BCUT2D eigenvalue weighted by Crippen LogP contribution is -2.33. The van der Waals surface area contributed by atoms with Crippen molar-refractivity contribution < 1.29 is 15.0 Å². The van der Waals surface area contributed by atoms with Crippen molar-refractivity contribution in [3.63, 3.8) is 0 Å². The monoisotopic (exact) mass is 236 g/mol. The van der Waals surface area contributed by atoms with Gasteiger partial charge in [-0.2, -0.15) is 0 Å². The Hall–Kier alpha value is -2.11. The van der Waals surface area contributed by atoms with Crippen LogP contribution in [-0.4, -0.2) is 25.7 Å². The van der Waals surface area contributed by atoms with Crippen molar-refractivity contribution in [1.82, 2.24) is 9.55 Å². The highest BCUT2D eigenvalue weighted by molar-refractivity contribution is 5.86. The summed E-state index contributed by atoms with van der Waals surface area (Å²) in [5.41, 5.74) is -0.361. The van der Waals surface area contributed by atoms with Crippen LogP contribution < -0.4 is 5.56 Å². The van der Waals surface area contributed by atoms with Crippen LogP contribution in [0, 0.1) is 5.92 Å². The van der Waals surface area contributed by atoms with Gasteiger partial charge in [-0.1, -0.05) is 6.92 Å². The number of nitrogens with zero attached hydrogens (tertiary/aromatic N) is 2. The molecule has 0 bridgehead atoms. The van der Waals surface area contributed by atoms with Gasteiger partial charge in [0.05, 0.1) is 6.26 Å². The zero-order valence-electron chi connectivity index (χ0n) is 9.25. The Balaban J connectivity index is 2.67. The van der Waals surface area contributed by atoms with Crippen LogP contribution in [0.3, 0.4) is 0 Å². The van der Waals surface area contributed by atoms with E-state index in [1.807, 2.05) is 6.92 Å². The molecule has 1 aromatic heterocycles. The Bertz CT molecular complexity index is 559. The van der Waals surface area contributed by atoms with Crippen LogP contribution in [0.4, 0.5) is 0 Å². The van der Waals surface area contributed by atoms with Crippen LogP contribution in [0.1, 0.15) is 29.5 Å². The molecule has 6 nitrogen and oxygen atoms in total. The summed E-state index contributed by atoms with van der Waals surface area (Å²) in [7, 11) is 0. The van der Waals surface area contributed by atoms with E-state index in [1.54, 1.807) is 0 Å². The molecule has 0 fully saturated rings. The molecule has 0 saturated heterocycles. The fourth-order valence-corrected chi connectivity index (χ4v) is 1.96. The highest BCUT2D eigenvalue weighted by Gasteiger charge is 2.25. The number of hydrogen-bond donors (Lipinski definition) is 2. The van der Waals surface area contributed by atoms with Gasteiger partial charge >= 0.3 is 5.97 Å². The van der Waals surface area contributed by atoms with E-state index in [2.05, 4.69) is 4.98 Å². The summed E-state index contributed by atoms with van der Waals surface area (Å²) in [5, 5.41) is 18.0. The first-order valence-electron chi connectivity index (χ1n) is 5.24. The van der Waals surface area contributed by atoms with Crippen LogP contribution in [0.5, 0.6) is 0 Å². The second kappa shape index (κ2) is 4.04. The molecule has 1 aliphatic heterocycles. The number of aromatic carboxylic acids is 1.